The average Bonchev–Trinajstić information content (AvgIpc) is 2.35. The van der Waals surface area contributed by atoms with E-state index in [-0.39, 0.29) is 6.54 Å². The number of hydrogen-bond acceptors (Lipinski definition) is 4. The molecule has 4 N–H and O–H groups in total. The Balaban J connectivity index is 2.78. The Morgan fingerprint density at radius 1 is 1.59 bits per heavy atom. The van der Waals surface area contributed by atoms with Crippen LogP contribution < -0.4 is 11.1 Å². The molecule has 0 saturated heterocycles. The van der Waals surface area contributed by atoms with Gasteiger partial charge in [0.25, 0.3) is 5.91 Å². The minimum atomic E-state index is -1.05. The molecule has 0 aliphatic rings. The van der Waals surface area contributed by atoms with Gasteiger partial charge in [0, 0.05) is 18.3 Å². The Kier molecular flexibility index (Phi) is 4.59. The van der Waals surface area contributed by atoms with Gasteiger partial charge in [-0.25, -0.2) is 4.79 Å². The van der Waals surface area contributed by atoms with Crippen LogP contribution in [0.25, 0.3) is 0 Å². The van der Waals surface area contributed by atoms with E-state index in [1.54, 1.807) is 13.0 Å². The van der Waals surface area contributed by atoms with Crippen LogP contribution in [0.1, 0.15) is 29.4 Å². The second-order valence-corrected chi connectivity index (χ2v) is 3.51. The van der Waals surface area contributed by atoms with Gasteiger partial charge in [-0.2, -0.15) is 0 Å². The van der Waals surface area contributed by atoms with Crippen LogP contribution >= 0.6 is 0 Å². The van der Waals surface area contributed by atoms with E-state index in [1.807, 2.05) is 0 Å². The number of carbonyl (C=O) groups excluding carboxylic acids is 1. The highest BCUT2D eigenvalue weighted by Crippen LogP contribution is 2.02. The van der Waals surface area contributed by atoms with Crippen LogP contribution in [0.2, 0.25) is 0 Å². The summed E-state index contributed by atoms with van der Waals surface area (Å²) in [6, 6.07) is 2.18. The van der Waals surface area contributed by atoms with Crippen LogP contribution in [-0.4, -0.2) is 28.0 Å². The van der Waals surface area contributed by atoms with Crippen molar-refractivity contribution >= 4 is 11.9 Å². The number of carboxylic acids is 1. The van der Waals surface area contributed by atoms with Crippen molar-refractivity contribution in [2.24, 2.45) is 5.73 Å². The third-order valence-corrected chi connectivity index (χ3v) is 2.30. The molecule has 6 heteroatoms. The number of rotatable bonds is 5. The zero-order chi connectivity index (χ0) is 12.8. The third-order valence-electron chi connectivity index (χ3n) is 2.30. The Bertz CT molecular complexity index is 420. The Morgan fingerprint density at radius 2 is 2.29 bits per heavy atom. The first-order valence-corrected chi connectivity index (χ1v) is 5.27. The Hall–Kier alpha value is -1.95. The van der Waals surface area contributed by atoms with Crippen molar-refractivity contribution in [1.82, 2.24) is 10.3 Å². The summed E-state index contributed by atoms with van der Waals surface area (Å²) in [5, 5.41) is 11.2. The van der Waals surface area contributed by atoms with E-state index < -0.39 is 17.9 Å². The first-order valence-electron chi connectivity index (χ1n) is 5.27. The van der Waals surface area contributed by atoms with Gasteiger partial charge in [0.05, 0.1) is 5.69 Å². The molecule has 0 bridgehead atoms. The quantitative estimate of drug-likeness (QED) is 0.675. The summed E-state index contributed by atoms with van der Waals surface area (Å²) < 4.78 is 0. The van der Waals surface area contributed by atoms with Gasteiger partial charge in [0.15, 0.2) is 0 Å². The maximum Gasteiger partial charge on any atom is 0.326 e. The highest BCUT2D eigenvalue weighted by atomic mass is 16.4. The van der Waals surface area contributed by atoms with Crippen LogP contribution in [0.5, 0.6) is 0 Å². The van der Waals surface area contributed by atoms with Crippen molar-refractivity contribution in [3.63, 3.8) is 0 Å². The number of aliphatic carboxylic acids is 1. The molecule has 1 aromatic heterocycles. The minimum Gasteiger partial charge on any atom is -0.480 e. The number of carbonyl (C=O) groups is 2. The average molecular weight is 237 g/mol. The van der Waals surface area contributed by atoms with E-state index in [2.05, 4.69) is 10.3 Å². The van der Waals surface area contributed by atoms with Gasteiger partial charge in [-0.1, -0.05) is 6.92 Å². The van der Waals surface area contributed by atoms with E-state index >= 15 is 0 Å². The molecule has 0 unspecified atom stereocenters. The standard InChI is InChI=1S/C11H15N3O3/c1-2-9(11(16)17)14-10(15)7-3-4-13-8(5-7)6-12/h3-5,9H,2,6,12H2,1H3,(H,14,15)(H,16,17)/t9-/m1/s1. The highest BCUT2D eigenvalue weighted by molar-refractivity contribution is 5.96. The topological polar surface area (TPSA) is 105 Å². The summed E-state index contributed by atoms with van der Waals surface area (Å²) in [4.78, 5) is 26.5. The Labute approximate surface area is 98.8 Å². The zero-order valence-corrected chi connectivity index (χ0v) is 9.51. The van der Waals surface area contributed by atoms with Crippen LogP contribution in [0.3, 0.4) is 0 Å². The smallest absolute Gasteiger partial charge is 0.326 e. The summed E-state index contributed by atoms with van der Waals surface area (Å²) in [5.74, 6) is -1.48. The van der Waals surface area contributed by atoms with Crippen molar-refractivity contribution < 1.29 is 14.7 Å². The lowest BCUT2D eigenvalue weighted by Crippen LogP contribution is -2.40. The highest BCUT2D eigenvalue weighted by Gasteiger charge is 2.18. The second-order valence-electron chi connectivity index (χ2n) is 3.51. The van der Waals surface area contributed by atoms with Gasteiger partial charge in [-0.3, -0.25) is 9.78 Å². The summed E-state index contributed by atoms with van der Waals surface area (Å²) >= 11 is 0. The van der Waals surface area contributed by atoms with Crippen molar-refractivity contribution in [1.29, 1.82) is 0 Å². The molecule has 17 heavy (non-hydrogen) atoms. The van der Waals surface area contributed by atoms with E-state index in [0.29, 0.717) is 17.7 Å². The lowest BCUT2D eigenvalue weighted by molar-refractivity contribution is -0.139. The van der Waals surface area contributed by atoms with E-state index in [0.717, 1.165) is 0 Å². The first kappa shape index (κ1) is 13.1. The number of nitrogens with two attached hydrogens (primary N) is 1. The monoisotopic (exact) mass is 237 g/mol. The summed E-state index contributed by atoms with van der Waals surface area (Å²) in [5.41, 5.74) is 6.35. The number of pyridine rings is 1. The second kappa shape index (κ2) is 5.95. The molecule has 92 valence electrons. The van der Waals surface area contributed by atoms with E-state index in [9.17, 15) is 9.59 Å². The fraction of sp³-hybridized carbons (Fsp3) is 0.364. The predicted octanol–water partition coefficient (Wildman–Crippen LogP) is 0.133. The molecule has 1 rings (SSSR count). The van der Waals surface area contributed by atoms with E-state index in [1.165, 1.54) is 12.3 Å². The van der Waals surface area contributed by atoms with Gasteiger partial charge in [-0.15, -0.1) is 0 Å². The number of nitrogens with zero attached hydrogens (tertiary/aromatic N) is 1. The molecule has 6 nitrogen and oxygen atoms in total. The number of hydrogen-bond donors (Lipinski definition) is 3. The number of nitrogens with one attached hydrogen (secondary N) is 1. The summed E-state index contributed by atoms with van der Waals surface area (Å²) in [7, 11) is 0. The van der Waals surface area contributed by atoms with Gasteiger partial charge in [0.2, 0.25) is 0 Å². The molecule has 1 amide bonds. The van der Waals surface area contributed by atoms with Crippen molar-refractivity contribution in [3.8, 4) is 0 Å². The summed E-state index contributed by atoms with van der Waals surface area (Å²) in [6.07, 6.45) is 1.80. The lowest BCUT2D eigenvalue weighted by Gasteiger charge is -2.12. The minimum absolute atomic E-state index is 0.233. The van der Waals surface area contributed by atoms with Crippen LogP contribution in [0, 0.1) is 0 Å². The normalized spacial score (nSPS) is 11.9. The zero-order valence-electron chi connectivity index (χ0n) is 9.51. The maximum atomic E-state index is 11.7. The molecule has 1 atom stereocenters. The molecule has 0 spiro atoms. The fourth-order valence-corrected chi connectivity index (χ4v) is 1.31. The largest absolute Gasteiger partial charge is 0.480 e. The number of amides is 1. The molecule has 0 aromatic carbocycles. The lowest BCUT2D eigenvalue weighted by atomic mass is 10.1. The van der Waals surface area contributed by atoms with Crippen LogP contribution in [-0.2, 0) is 11.3 Å². The maximum absolute atomic E-state index is 11.7. The van der Waals surface area contributed by atoms with Crippen LogP contribution in [0.15, 0.2) is 18.3 Å². The Morgan fingerprint density at radius 3 is 2.82 bits per heavy atom. The van der Waals surface area contributed by atoms with Gasteiger partial charge in [-0.05, 0) is 18.6 Å². The molecular formula is C11H15N3O3. The molecule has 1 heterocycles. The predicted molar refractivity (Wildman–Crippen MR) is 61.3 cm³/mol. The molecule has 0 saturated carbocycles. The van der Waals surface area contributed by atoms with Gasteiger partial charge in [0.1, 0.15) is 6.04 Å². The van der Waals surface area contributed by atoms with Crippen LogP contribution in [0.4, 0.5) is 0 Å². The molecule has 0 fully saturated rings. The van der Waals surface area contributed by atoms with Gasteiger partial charge >= 0.3 is 5.97 Å². The molecule has 0 aliphatic heterocycles. The van der Waals surface area contributed by atoms with Gasteiger partial charge < -0.3 is 16.2 Å². The number of carboxylic acid groups (broad SMARTS) is 1. The van der Waals surface area contributed by atoms with E-state index in [4.69, 9.17) is 10.8 Å². The summed E-state index contributed by atoms with van der Waals surface area (Å²) in [6.45, 7) is 1.92. The SMILES string of the molecule is CC[C@@H](NC(=O)c1ccnc(CN)c1)C(=O)O. The molecule has 0 aliphatic carbocycles. The third kappa shape index (κ3) is 3.53. The molecule has 0 radical (unpaired) electrons. The molecular weight excluding hydrogens is 222 g/mol. The first-order chi connectivity index (χ1) is 8.08. The number of aromatic nitrogens is 1. The van der Waals surface area contributed by atoms with Crippen molar-refractivity contribution in [2.75, 3.05) is 0 Å². The van der Waals surface area contributed by atoms with Crippen molar-refractivity contribution in [3.05, 3.63) is 29.6 Å². The fourth-order valence-electron chi connectivity index (χ4n) is 1.31. The van der Waals surface area contributed by atoms with Crippen molar-refractivity contribution in [2.45, 2.75) is 25.9 Å². The molecule has 1 aromatic rings.